The minimum absolute atomic E-state index is 0.322. The van der Waals surface area contributed by atoms with Gasteiger partial charge in [-0.05, 0) is 33.1 Å². The maximum Gasteiger partial charge on any atom is 0.329 e. The predicted octanol–water partition coefficient (Wildman–Crippen LogP) is 1.95. The molecule has 2 amide bonds. The van der Waals surface area contributed by atoms with Gasteiger partial charge in [-0.25, -0.2) is 9.80 Å². The number of urea groups is 1. The molecular weight excluding hydrogens is 190 g/mol. The summed E-state index contributed by atoms with van der Waals surface area (Å²) in [6.07, 6.45) is 4.49. The van der Waals surface area contributed by atoms with Crippen molar-refractivity contribution in [3.8, 4) is 0 Å². The number of carbonyl (C=O) groups is 1. The quantitative estimate of drug-likeness (QED) is 0.779. The lowest BCUT2D eigenvalue weighted by Crippen LogP contribution is -2.58. The largest absolute Gasteiger partial charge is 0.350 e. The van der Waals surface area contributed by atoms with Crippen molar-refractivity contribution in [2.24, 2.45) is 5.73 Å². The van der Waals surface area contributed by atoms with Gasteiger partial charge in [0.05, 0.1) is 0 Å². The number of primary amides is 1. The van der Waals surface area contributed by atoms with Crippen molar-refractivity contribution in [3.05, 3.63) is 0 Å². The normalized spacial score (nSPS) is 27.7. The Balaban J connectivity index is 2.74. The van der Waals surface area contributed by atoms with E-state index in [0.717, 1.165) is 25.8 Å². The molecule has 4 heteroatoms. The number of hydrogen-bond acceptors (Lipinski definition) is 2. The molecule has 4 nitrogen and oxygen atoms in total. The molecule has 2 N–H and O–H groups in total. The molecule has 0 radical (unpaired) electrons. The van der Waals surface area contributed by atoms with Gasteiger partial charge >= 0.3 is 6.03 Å². The van der Waals surface area contributed by atoms with Crippen molar-refractivity contribution in [2.45, 2.75) is 58.5 Å². The number of hydrazine groups is 1. The minimum Gasteiger partial charge on any atom is -0.350 e. The summed E-state index contributed by atoms with van der Waals surface area (Å²) in [6, 6.07) is 0.526. The van der Waals surface area contributed by atoms with Gasteiger partial charge in [-0.1, -0.05) is 13.3 Å². The molecule has 0 saturated carbocycles. The second-order valence-corrected chi connectivity index (χ2v) is 4.47. The minimum atomic E-state index is -0.322. The first kappa shape index (κ1) is 12.3. The van der Waals surface area contributed by atoms with Gasteiger partial charge in [-0.15, -0.1) is 0 Å². The molecule has 1 heterocycles. The molecule has 0 spiro atoms. The lowest BCUT2D eigenvalue weighted by atomic mass is 9.99. The average molecular weight is 213 g/mol. The Bertz CT molecular complexity index is 210. The number of carbonyl (C=O) groups excluding carboxylic acids is 1. The number of nitrogens with zero attached hydrogens (tertiary/aromatic N) is 2. The second kappa shape index (κ2) is 5.35. The Morgan fingerprint density at radius 2 is 1.93 bits per heavy atom. The van der Waals surface area contributed by atoms with Crippen molar-refractivity contribution >= 4 is 6.03 Å². The zero-order chi connectivity index (χ0) is 11.4. The van der Waals surface area contributed by atoms with E-state index in [1.165, 1.54) is 6.42 Å². The summed E-state index contributed by atoms with van der Waals surface area (Å²) in [5.74, 6) is 0. The third-order valence-corrected chi connectivity index (χ3v) is 3.12. The molecule has 1 fully saturated rings. The molecule has 0 aromatic carbocycles. The highest BCUT2D eigenvalue weighted by Gasteiger charge is 2.30. The number of amides is 2. The maximum atomic E-state index is 11.4. The molecule has 15 heavy (non-hydrogen) atoms. The summed E-state index contributed by atoms with van der Waals surface area (Å²) >= 11 is 0. The van der Waals surface area contributed by atoms with Crippen LogP contribution in [-0.2, 0) is 0 Å². The van der Waals surface area contributed by atoms with Crippen LogP contribution in [0.5, 0.6) is 0 Å². The van der Waals surface area contributed by atoms with Crippen LogP contribution < -0.4 is 5.73 Å². The van der Waals surface area contributed by atoms with E-state index in [-0.39, 0.29) is 6.03 Å². The van der Waals surface area contributed by atoms with Gasteiger partial charge in [-0.2, -0.15) is 0 Å². The van der Waals surface area contributed by atoms with Crippen molar-refractivity contribution in [1.82, 2.24) is 10.0 Å². The Kier molecular flexibility index (Phi) is 4.39. The van der Waals surface area contributed by atoms with E-state index < -0.39 is 0 Å². The van der Waals surface area contributed by atoms with Crippen LogP contribution >= 0.6 is 0 Å². The van der Waals surface area contributed by atoms with E-state index in [4.69, 9.17) is 5.73 Å². The summed E-state index contributed by atoms with van der Waals surface area (Å²) in [5, 5.41) is 3.88. The van der Waals surface area contributed by atoms with Crippen LogP contribution in [-0.4, -0.2) is 34.7 Å². The van der Waals surface area contributed by atoms with Crippen LogP contribution in [0.4, 0.5) is 4.79 Å². The Hall–Kier alpha value is -0.770. The molecule has 1 saturated heterocycles. The third-order valence-electron chi connectivity index (χ3n) is 3.12. The van der Waals surface area contributed by atoms with E-state index in [1.807, 2.05) is 0 Å². The Morgan fingerprint density at radius 3 is 2.33 bits per heavy atom. The number of nitrogens with two attached hydrogens (primary N) is 1. The third kappa shape index (κ3) is 2.84. The summed E-state index contributed by atoms with van der Waals surface area (Å²) in [7, 11) is 0. The van der Waals surface area contributed by atoms with E-state index in [1.54, 1.807) is 5.01 Å². The van der Waals surface area contributed by atoms with Gasteiger partial charge in [0.1, 0.15) is 0 Å². The van der Waals surface area contributed by atoms with Gasteiger partial charge in [0.15, 0.2) is 0 Å². The second-order valence-electron chi connectivity index (χ2n) is 4.47. The molecule has 2 unspecified atom stereocenters. The molecule has 2 atom stereocenters. The number of rotatable bonds is 3. The van der Waals surface area contributed by atoms with Crippen LogP contribution in [0, 0.1) is 0 Å². The van der Waals surface area contributed by atoms with Crippen molar-refractivity contribution < 1.29 is 4.79 Å². The molecule has 1 rings (SSSR count). The highest BCUT2D eigenvalue weighted by molar-refractivity contribution is 5.71. The lowest BCUT2D eigenvalue weighted by Gasteiger charge is -2.45. The smallest absolute Gasteiger partial charge is 0.329 e. The van der Waals surface area contributed by atoms with Crippen LogP contribution in [0.3, 0.4) is 0 Å². The number of hydrogen-bond donors (Lipinski definition) is 1. The first-order chi connectivity index (χ1) is 7.07. The van der Waals surface area contributed by atoms with Gasteiger partial charge in [0.25, 0.3) is 0 Å². The molecule has 0 bridgehead atoms. The van der Waals surface area contributed by atoms with Gasteiger partial charge < -0.3 is 5.73 Å². The SMILES string of the molecule is CCCN(C(N)=O)N1C(C)CCCC1C. The summed E-state index contributed by atoms with van der Waals surface area (Å²) < 4.78 is 0. The number of piperidine rings is 1. The van der Waals surface area contributed by atoms with Crippen LogP contribution in [0.1, 0.15) is 46.5 Å². The molecule has 1 aliphatic heterocycles. The zero-order valence-corrected chi connectivity index (χ0v) is 10.1. The molecule has 1 aliphatic rings. The molecule has 0 aromatic heterocycles. The summed E-state index contributed by atoms with van der Waals surface area (Å²) in [4.78, 5) is 11.4. The maximum absolute atomic E-state index is 11.4. The summed E-state index contributed by atoms with van der Waals surface area (Å²) in [6.45, 7) is 7.13. The van der Waals surface area contributed by atoms with E-state index >= 15 is 0 Å². The lowest BCUT2D eigenvalue weighted by molar-refractivity contribution is -0.0683. The van der Waals surface area contributed by atoms with E-state index in [9.17, 15) is 4.79 Å². The molecule has 0 aromatic rings. The molecule has 0 aliphatic carbocycles. The monoisotopic (exact) mass is 213 g/mol. The fourth-order valence-corrected chi connectivity index (χ4v) is 2.43. The van der Waals surface area contributed by atoms with E-state index in [0.29, 0.717) is 12.1 Å². The van der Waals surface area contributed by atoms with Crippen LogP contribution in [0.2, 0.25) is 0 Å². The predicted molar refractivity (Wildman–Crippen MR) is 61.2 cm³/mol. The zero-order valence-electron chi connectivity index (χ0n) is 10.1. The van der Waals surface area contributed by atoms with Crippen LogP contribution in [0.15, 0.2) is 0 Å². The first-order valence-corrected chi connectivity index (χ1v) is 5.93. The summed E-state index contributed by atoms with van der Waals surface area (Å²) in [5.41, 5.74) is 5.42. The average Bonchev–Trinajstić information content (AvgIpc) is 2.15. The first-order valence-electron chi connectivity index (χ1n) is 5.93. The fraction of sp³-hybridized carbons (Fsp3) is 0.909. The van der Waals surface area contributed by atoms with Gasteiger partial charge in [-0.3, -0.25) is 5.01 Å². The van der Waals surface area contributed by atoms with Crippen molar-refractivity contribution in [2.75, 3.05) is 6.54 Å². The highest BCUT2D eigenvalue weighted by Crippen LogP contribution is 2.24. The van der Waals surface area contributed by atoms with Crippen molar-refractivity contribution in [1.29, 1.82) is 0 Å². The Labute approximate surface area is 92.4 Å². The van der Waals surface area contributed by atoms with Crippen molar-refractivity contribution in [3.63, 3.8) is 0 Å². The highest BCUT2D eigenvalue weighted by atomic mass is 16.2. The van der Waals surface area contributed by atoms with E-state index in [2.05, 4.69) is 25.8 Å². The molecule has 88 valence electrons. The van der Waals surface area contributed by atoms with Gasteiger partial charge in [0, 0.05) is 18.6 Å². The standard InChI is InChI=1S/C11H23N3O/c1-4-8-13(11(12)15)14-9(2)6-5-7-10(14)3/h9-10H,4-8H2,1-3H3,(H2,12,15). The Morgan fingerprint density at radius 1 is 1.40 bits per heavy atom. The van der Waals surface area contributed by atoms with Crippen LogP contribution in [0.25, 0.3) is 0 Å². The molecular formula is C11H23N3O. The van der Waals surface area contributed by atoms with Gasteiger partial charge in [0.2, 0.25) is 0 Å². The fourth-order valence-electron chi connectivity index (χ4n) is 2.43. The topological polar surface area (TPSA) is 49.6 Å².